The molecule has 0 aliphatic rings. The Bertz CT molecular complexity index is 1270. The van der Waals surface area contributed by atoms with Crippen LogP contribution in [0.15, 0.2) is 85.8 Å². The van der Waals surface area contributed by atoms with Crippen molar-refractivity contribution in [1.29, 1.82) is 0 Å². The van der Waals surface area contributed by atoms with E-state index in [0.717, 1.165) is 10.0 Å². The zero-order valence-corrected chi connectivity index (χ0v) is 19.4. The van der Waals surface area contributed by atoms with Gasteiger partial charge in [0.2, 0.25) is 5.91 Å². The van der Waals surface area contributed by atoms with Crippen LogP contribution in [0.2, 0.25) is 0 Å². The van der Waals surface area contributed by atoms with Crippen molar-refractivity contribution in [3.63, 3.8) is 0 Å². The molecule has 0 aliphatic heterocycles. The second kappa shape index (κ2) is 9.11. The molecule has 2 aromatic carbocycles. The summed E-state index contributed by atoms with van der Waals surface area (Å²) < 4.78 is 7.84. The van der Waals surface area contributed by atoms with Crippen LogP contribution in [-0.4, -0.2) is 34.5 Å². The predicted molar refractivity (Wildman–Crippen MR) is 125 cm³/mol. The van der Waals surface area contributed by atoms with E-state index in [0.29, 0.717) is 21.8 Å². The summed E-state index contributed by atoms with van der Waals surface area (Å²) in [5.41, 5.74) is 1.24. The number of hydrogen-bond donors (Lipinski definition) is 0. The van der Waals surface area contributed by atoms with Gasteiger partial charge in [0.15, 0.2) is 5.16 Å². The second-order valence-corrected chi connectivity index (χ2v) is 9.16. The highest BCUT2D eigenvalue weighted by Gasteiger charge is 2.26. The third-order valence-corrected chi connectivity index (χ3v) is 6.49. The quantitative estimate of drug-likeness (QED) is 0.284. The number of benzene rings is 2. The molecule has 0 fully saturated rings. The van der Waals surface area contributed by atoms with E-state index in [1.165, 1.54) is 11.8 Å². The average molecular weight is 498 g/mol. The lowest BCUT2D eigenvalue weighted by atomic mass is 10.1. The molecular formula is C23H20BrN3O3S. The highest BCUT2D eigenvalue weighted by molar-refractivity contribution is 9.10. The van der Waals surface area contributed by atoms with Crippen molar-refractivity contribution >= 4 is 44.5 Å². The molecule has 2 aromatic heterocycles. The topological polar surface area (TPSA) is 68.3 Å². The zero-order chi connectivity index (χ0) is 22.0. The normalized spacial score (nSPS) is 12.1. The Kier molecular flexibility index (Phi) is 6.29. The van der Waals surface area contributed by atoms with Gasteiger partial charge in [-0.05, 0) is 35.9 Å². The molecular weight excluding hydrogens is 478 g/mol. The average Bonchev–Trinajstić information content (AvgIpc) is 3.28. The van der Waals surface area contributed by atoms with Crippen molar-refractivity contribution < 1.29 is 9.21 Å². The molecule has 4 rings (SSSR count). The van der Waals surface area contributed by atoms with Gasteiger partial charge in [-0.25, -0.2) is 4.98 Å². The van der Waals surface area contributed by atoms with Crippen LogP contribution < -0.4 is 5.56 Å². The number of rotatable bonds is 6. The minimum atomic E-state index is -0.543. The van der Waals surface area contributed by atoms with Crippen molar-refractivity contribution in [3.05, 3.63) is 93.1 Å². The van der Waals surface area contributed by atoms with Gasteiger partial charge in [-0.3, -0.25) is 14.2 Å². The summed E-state index contributed by atoms with van der Waals surface area (Å²) in [4.78, 5) is 32.7. The number of thioether (sulfide) groups is 1. The molecule has 0 saturated carbocycles. The number of nitrogens with zero attached hydrogens (tertiary/aromatic N) is 3. The minimum Gasteiger partial charge on any atom is -0.467 e. The van der Waals surface area contributed by atoms with Crippen molar-refractivity contribution in [1.82, 2.24) is 14.5 Å². The Morgan fingerprint density at radius 2 is 1.94 bits per heavy atom. The highest BCUT2D eigenvalue weighted by atomic mass is 79.9. The molecule has 1 atom stereocenters. The second-order valence-electron chi connectivity index (χ2n) is 7.17. The molecule has 158 valence electrons. The Morgan fingerprint density at radius 3 is 2.61 bits per heavy atom. The summed E-state index contributed by atoms with van der Waals surface area (Å²) in [7, 11) is 3.44. The number of amides is 1. The van der Waals surface area contributed by atoms with Crippen LogP contribution in [0, 0.1) is 0 Å². The van der Waals surface area contributed by atoms with E-state index in [9.17, 15) is 9.59 Å². The fourth-order valence-electron chi connectivity index (χ4n) is 3.19. The summed E-state index contributed by atoms with van der Waals surface area (Å²) >= 11 is 4.69. The predicted octanol–water partition coefficient (Wildman–Crippen LogP) is 4.72. The van der Waals surface area contributed by atoms with Gasteiger partial charge in [-0.2, -0.15) is 0 Å². The lowest BCUT2D eigenvalue weighted by Gasteiger charge is -2.22. The summed E-state index contributed by atoms with van der Waals surface area (Å²) in [6, 6.07) is 18.5. The first-order chi connectivity index (χ1) is 14.9. The maximum atomic E-state index is 13.4. The SMILES string of the molecule is CN(C)C(=O)C(Sc1nc2ccc(Br)cc2c(=O)n1Cc1ccco1)c1ccccc1. The first-order valence-corrected chi connectivity index (χ1v) is 11.3. The maximum absolute atomic E-state index is 13.4. The number of fused-ring (bicyclic) bond motifs is 1. The van der Waals surface area contributed by atoms with E-state index in [-0.39, 0.29) is 18.0 Å². The summed E-state index contributed by atoms with van der Waals surface area (Å²) in [6.45, 7) is 0.223. The lowest BCUT2D eigenvalue weighted by Crippen LogP contribution is -2.28. The number of likely N-dealkylation sites (N-methyl/N-ethyl adjacent to an activating group) is 1. The van der Waals surface area contributed by atoms with Gasteiger partial charge < -0.3 is 9.32 Å². The van der Waals surface area contributed by atoms with Crippen molar-refractivity contribution in [3.8, 4) is 0 Å². The van der Waals surface area contributed by atoms with Crippen LogP contribution in [0.3, 0.4) is 0 Å². The molecule has 8 heteroatoms. The molecule has 6 nitrogen and oxygen atoms in total. The summed E-state index contributed by atoms with van der Waals surface area (Å²) in [5.74, 6) is 0.557. The Labute approximate surface area is 192 Å². The number of carbonyl (C=O) groups excluding carboxylic acids is 1. The van der Waals surface area contributed by atoms with Gasteiger partial charge in [-0.1, -0.05) is 58.0 Å². The molecule has 0 radical (unpaired) electrons. The van der Waals surface area contributed by atoms with Crippen LogP contribution in [0.25, 0.3) is 10.9 Å². The number of furan rings is 1. The molecule has 2 heterocycles. The van der Waals surface area contributed by atoms with Gasteiger partial charge in [0.05, 0.1) is 23.7 Å². The molecule has 1 unspecified atom stereocenters. The Morgan fingerprint density at radius 1 is 1.16 bits per heavy atom. The molecule has 0 N–H and O–H groups in total. The molecule has 1 amide bonds. The highest BCUT2D eigenvalue weighted by Crippen LogP contribution is 2.36. The standard InChI is InChI=1S/C23H20BrN3O3S/c1-26(2)22(29)20(15-7-4-3-5-8-15)31-23-25-19-11-10-16(24)13-18(19)21(28)27(23)14-17-9-6-12-30-17/h3-13,20H,14H2,1-2H3. The van der Waals surface area contributed by atoms with Crippen molar-refractivity contribution in [2.75, 3.05) is 14.1 Å². The van der Waals surface area contributed by atoms with Gasteiger partial charge in [0, 0.05) is 18.6 Å². The molecule has 0 saturated heterocycles. The van der Waals surface area contributed by atoms with Crippen molar-refractivity contribution in [2.45, 2.75) is 17.0 Å². The van der Waals surface area contributed by atoms with Gasteiger partial charge in [0.25, 0.3) is 5.56 Å². The molecule has 4 aromatic rings. The number of halogens is 1. The number of carbonyl (C=O) groups is 1. The third-order valence-electron chi connectivity index (χ3n) is 4.77. The monoisotopic (exact) mass is 497 g/mol. The van der Waals surface area contributed by atoms with E-state index >= 15 is 0 Å². The van der Waals surface area contributed by atoms with Gasteiger partial charge >= 0.3 is 0 Å². The van der Waals surface area contributed by atoms with Crippen LogP contribution in [0.5, 0.6) is 0 Å². The minimum absolute atomic E-state index is 0.0779. The van der Waals surface area contributed by atoms with E-state index in [1.807, 2.05) is 42.5 Å². The van der Waals surface area contributed by atoms with Crippen LogP contribution in [-0.2, 0) is 11.3 Å². The van der Waals surface area contributed by atoms with Gasteiger partial charge in [-0.15, -0.1) is 0 Å². The molecule has 0 bridgehead atoms. The van der Waals surface area contributed by atoms with Crippen LogP contribution in [0.4, 0.5) is 0 Å². The Balaban J connectivity index is 1.87. The summed E-state index contributed by atoms with van der Waals surface area (Å²) in [6.07, 6.45) is 1.57. The fraction of sp³-hybridized carbons (Fsp3) is 0.174. The van der Waals surface area contributed by atoms with E-state index in [2.05, 4.69) is 15.9 Å². The maximum Gasteiger partial charge on any atom is 0.262 e. The first kappa shape index (κ1) is 21.4. The number of aromatic nitrogens is 2. The van der Waals surface area contributed by atoms with E-state index in [4.69, 9.17) is 9.40 Å². The van der Waals surface area contributed by atoms with Gasteiger partial charge in [0.1, 0.15) is 11.0 Å². The van der Waals surface area contributed by atoms with Crippen molar-refractivity contribution in [2.24, 2.45) is 0 Å². The molecule has 0 spiro atoms. The van der Waals surface area contributed by atoms with E-state index < -0.39 is 5.25 Å². The Hall–Kier alpha value is -2.84. The summed E-state index contributed by atoms with van der Waals surface area (Å²) in [5, 5.41) is 0.416. The molecule has 31 heavy (non-hydrogen) atoms. The van der Waals surface area contributed by atoms with E-state index in [1.54, 1.807) is 48.0 Å². The number of hydrogen-bond acceptors (Lipinski definition) is 5. The zero-order valence-electron chi connectivity index (χ0n) is 17.0. The third kappa shape index (κ3) is 4.60. The first-order valence-electron chi connectivity index (χ1n) is 9.59. The lowest BCUT2D eigenvalue weighted by molar-refractivity contribution is -0.128. The van der Waals surface area contributed by atoms with Crippen LogP contribution in [0.1, 0.15) is 16.6 Å². The smallest absolute Gasteiger partial charge is 0.262 e. The largest absolute Gasteiger partial charge is 0.467 e. The fourth-order valence-corrected chi connectivity index (χ4v) is 4.79. The molecule has 0 aliphatic carbocycles. The van der Waals surface area contributed by atoms with Crippen LogP contribution >= 0.6 is 27.7 Å².